The summed E-state index contributed by atoms with van der Waals surface area (Å²) in [5.74, 6) is 0.157. The number of aryl methyl sites for hydroxylation is 1. The number of methoxy groups -OCH3 is 1. The fourth-order valence-corrected chi connectivity index (χ4v) is 3.50. The van der Waals surface area contributed by atoms with Crippen LogP contribution < -0.4 is 15.8 Å². The van der Waals surface area contributed by atoms with Crippen LogP contribution in [-0.2, 0) is 6.42 Å². The van der Waals surface area contributed by atoms with Crippen molar-refractivity contribution in [3.8, 4) is 16.9 Å². The number of hydrogen-bond donors (Lipinski definition) is 2. The van der Waals surface area contributed by atoms with Crippen molar-refractivity contribution in [3.63, 3.8) is 0 Å². The molecule has 0 aromatic heterocycles. The number of nitrogens with zero attached hydrogens (tertiary/aromatic N) is 1. The van der Waals surface area contributed by atoms with Crippen LogP contribution in [0.25, 0.3) is 11.1 Å². The van der Waals surface area contributed by atoms with Crippen molar-refractivity contribution in [2.24, 2.45) is 5.73 Å². The number of hydrogen-bond acceptors (Lipinski definition) is 4. The third-order valence-corrected chi connectivity index (χ3v) is 5.22. The lowest BCUT2D eigenvalue weighted by Crippen LogP contribution is -2.14. The van der Waals surface area contributed by atoms with Crippen LogP contribution in [0.1, 0.15) is 32.7 Å². The van der Waals surface area contributed by atoms with Gasteiger partial charge in [0.05, 0.1) is 7.11 Å². The maximum Gasteiger partial charge on any atom is 0.255 e. The summed E-state index contributed by atoms with van der Waals surface area (Å²) in [4.78, 5) is 26.4. The fraction of sp³-hybridized carbons (Fsp3) is 0.231. The minimum Gasteiger partial charge on any atom is -0.496 e. The van der Waals surface area contributed by atoms with Gasteiger partial charge in [0.15, 0.2) is 0 Å². The lowest BCUT2D eigenvalue weighted by molar-refractivity contribution is 0.0997. The number of primary amides is 1. The molecular formula is C26H29N3O3. The van der Waals surface area contributed by atoms with Gasteiger partial charge in [0.1, 0.15) is 5.75 Å². The number of amides is 2. The highest BCUT2D eigenvalue weighted by Crippen LogP contribution is 2.24. The molecule has 3 aromatic rings. The van der Waals surface area contributed by atoms with E-state index in [4.69, 9.17) is 10.5 Å². The Balaban J connectivity index is 1.71. The topological polar surface area (TPSA) is 84.7 Å². The van der Waals surface area contributed by atoms with Crippen LogP contribution in [0.15, 0.2) is 66.7 Å². The Morgan fingerprint density at radius 2 is 1.69 bits per heavy atom. The number of carbonyl (C=O) groups is 2. The standard InChI is InChI=1S/C26H29N3O3/c1-29(2)15-5-8-20-17-22(11-14-24(20)32-3)26(31)28-23-12-9-18(10-13-23)19-6-4-7-21(16-19)25(27)30/h4,6-7,9-14,16-17H,5,8,15H2,1-3H3,(H2,27,30)(H,28,31). The molecule has 0 unspecified atom stereocenters. The molecular weight excluding hydrogens is 402 g/mol. The zero-order valence-corrected chi connectivity index (χ0v) is 18.7. The van der Waals surface area contributed by atoms with Crippen LogP contribution in [0.5, 0.6) is 5.75 Å². The molecule has 0 radical (unpaired) electrons. The van der Waals surface area contributed by atoms with Crippen molar-refractivity contribution in [2.45, 2.75) is 12.8 Å². The van der Waals surface area contributed by atoms with Crippen molar-refractivity contribution in [3.05, 3.63) is 83.4 Å². The highest BCUT2D eigenvalue weighted by atomic mass is 16.5. The van der Waals surface area contributed by atoms with Crippen molar-refractivity contribution in [2.75, 3.05) is 33.1 Å². The number of nitrogens with two attached hydrogens (primary N) is 1. The average Bonchev–Trinajstić information content (AvgIpc) is 2.79. The largest absolute Gasteiger partial charge is 0.496 e. The predicted octanol–water partition coefficient (Wildman–Crippen LogP) is 4.21. The molecule has 0 saturated heterocycles. The van der Waals surface area contributed by atoms with Gasteiger partial charge < -0.3 is 20.7 Å². The average molecular weight is 432 g/mol. The van der Waals surface area contributed by atoms with E-state index in [1.807, 2.05) is 56.6 Å². The van der Waals surface area contributed by atoms with Gasteiger partial charge >= 0.3 is 0 Å². The number of benzene rings is 3. The number of ether oxygens (including phenoxy) is 1. The summed E-state index contributed by atoms with van der Waals surface area (Å²) in [5, 5.41) is 2.94. The molecule has 0 aliphatic heterocycles. The van der Waals surface area contributed by atoms with E-state index in [2.05, 4.69) is 10.2 Å². The zero-order valence-electron chi connectivity index (χ0n) is 18.7. The van der Waals surface area contributed by atoms with E-state index < -0.39 is 5.91 Å². The van der Waals surface area contributed by atoms with Crippen LogP contribution in [0.4, 0.5) is 5.69 Å². The number of rotatable bonds is 9. The van der Waals surface area contributed by atoms with Gasteiger partial charge in [-0.15, -0.1) is 0 Å². The first-order valence-electron chi connectivity index (χ1n) is 10.5. The minimum atomic E-state index is -0.462. The van der Waals surface area contributed by atoms with Gasteiger partial charge in [-0.25, -0.2) is 0 Å². The van der Waals surface area contributed by atoms with Gasteiger partial charge in [0.25, 0.3) is 5.91 Å². The smallest absolute Gasteiger partial charge is 0.255 e. The Bertz CT molecular complexity index is 1090. The molecule has 3 aromatic carbocycles. The van der Waals surface area contributed by atoms with Crippen molar-refractivity contribution >= 4 is 17.5 Å². The third-order valence-electron chi connectivity index (χ3n) is 5.22. The van der Waals surface area contributed by atoms with E-state index >= 15 is 0 Å². The molecule has 0 aliphatic carbocycles. The first kappa shape index (κ1) is 23.0. The fourth-order valence-electron chi connectivity index (χ4n) is 3.50. The van der Waals surface area contributed by atoms with Crippen LogP contribution >= 0.6 is 0 Å². The van der Waals surface area contributed by atoms with Crippen molar-refractivity contribution in [1.82, 2.24) is 4.90 Å². The number of anilines is 1. The van der Waals surface area contributed by atoms with Gasteiger partial charge in [-0.1, -0.05) is 24.3 Å². The third kappa shape index (κ3) is 5.95. The van der Waals surface area contributed by atoms with Crippen LogP contribution in [0, 0.1) is 0 Å². The van der Waals surface area contributed by atoms with E-state index in [-0.39, 0.29) is 5.91 Å². The van der Waals surface area contributed by atoms with Crippen LogP contribution in [0.2, 0.25) is 0 Å². The lowest BCUT2D eigenvalue weighted by Gasteiger charge is -2.13. The summed E-state index contributed by atoms with van der Waals surface area (Å²) >= 11 is 0. The van der Waals surface area contributed by atoms with Gasteiger partial charge in [0, 0.05) is 16.8 Å². The van der Waals surface area contributed by atoms with Gasteiger partial charge in [-0.2, -0.15) is 0 Å². The molecule has 0 aliphatic rings. The molecule has 0 fully saturated rings. The summed E-state index contributed by atoms with van der Waals surface area (Å²) in [6, 6.07) is 20.1. The van der Waals surface area contributed by atoms with Crippen LogP contribution in [0.3, 0.4) is 0 Å². The lowest BCUT2D eigenvalue weighted by atomic mass is 10.0. The van der Waals surface area contributed by atoms with Gasteiger partial charge in [0.2, 0.25) is 5.91 Å². The van der Waals surface area contributed by atoms with Crippen molar-refractivity contribution < 1.29 is 14.3 Å². The normalized spacial score (nSPS) is 10.8. The van der Waals surface area contributed by atoms with E-state index in [1.165, 1.54) is 0 Å². The number of carbonyl (C=O) groups excluding carboxylic acids is 2. The molecule has 0 spiro atoms. The Morgan fingerprint density at radius 1 is 0.938 bits per heavy atom. The molecule has 6 heteroatoms. The van der Waals surface area contributed by atoms with E-state index in [9.17, 15) is 9.59 Å². The first-order valence-corrected chi connectivity index (χ1v) is 10.5. The quantitative estimate of drug-likeness (QED) is 0.532. The molecule has 166 valence electrons. The molecule has 0 atom stereocenters. The molecule has 3 N–H and O–H groups in total. The maximum atomic E-state index is 12.8. The monoisotopic (exact) mass is 431 g/mol. The minimum absolute atomic E-state index is 0.176. The van der Waals surface area contributed by atoms with Gasteiger partial charge in [-0.05, 0) is 92.6 Å². The summed E-state index contributed by atoms with van der Waals surface area (Å²) in [5.41, 5.74) is 9.94. The Labute approximate surface area is 189 Å². The molecule has 0 heterocycles. The van der Waals surface area contributed by atoms with E-state index in [1.54, 1.807) is 31.4 Å². The predicted molar refractivity (Wildman–Crippen MR) is 128 cm³/mol. The first-order chi connectivity index (χ1) is 15.4. The second kappa shape index (κ2) is 10.6. The molecule has 6 nitrogen and oxygen atoms in total. The number of nitrogens with one attached hydrogen (secondary N) is 1. The molecule has 0 saturated carbocycles. The van der Waals surface area contributed by atoms with Crippen molar-refractivity contribution in [1.29, 1.82) is 0 Å². The molecule has 0 bridgehead atoms. The summed E-state index contributed by atoms with van der Waals surface area (Å²) in [6.07, 6.45) is 1.81. The van der Waals surface area contributed by atoms with Gasteiger partial charge in [-0.3, -0.25) is 9.59 Å². The second-order valence-electron chi connectivity index (χ2n) is 7.91. The summed E-state index contributed by atoms with van der Waals surface area (Å²) in [6.45, 7) is 0.967. The van der Waals surface area contributed by atoms with E-state index in [0.717, 1.165) is 41.8 Å². The second-order valence-corrected chi connectivity index (χ2v) is 7.91. The Hall–Kier alpha value is -3.64. The highest BCUT2D eigenvalue weighted by molar-refractivity contribution is 6.04. The van der Waals surface area contributed by atoms with E-state index in [0.29, 0.717) is 16.8 Å². The highest BCUT2D eigenvalue weighted by Gasteiger charge is 2.11. The Morgan fingerprint density at radius 3 is 2.34 bits per heavy atom. The van der Waals surface area contributed by atoms with Crippen LogP contribution in [-0.4, -0.2) is 44.5 Å². The zero-order chi connectivity index (χ0) is 23.1. The SMILES string of the molecule is COc1ccc(C(=O)Nc2ccc(-c3cccc(C(N)=O)c3)cc2)cc1CCCN(C)C. The molecule has 3 rings (SSSR count). The Kier molecular flexibility index (Phi) is 7.63. The molecule has 32 heavy (non-hydrogen) atoms. The molecule has 2 amide bonds. The maximum absolute atomic E-state index is 12.8. The summed E-state index contributed by atoms with van der Waals surface area (Å²) in [7, 11) is 5.73. The summed E-state index contributed by atoms with van der Waals surface area (Å²) < 4.78 is 5.46.